The summed E-state index contributed by atoms with van der Waals surface area (Å²) in [6.07, 6.45) is 2.00. The molecule has 0 radical (unpaired) electrons. The van der Waals surface area contributed by atoms with E-state index in [-0.39, 0.29) is 5.91 Å². The maximum atomic E-state index is 12.5. The number of carbonyl (C=O) groups is 2. The lowest BCUT2D eigenvalue weighted by Crippen LogP contribution is -2.44. The molecule has 1 atom stereocenters. The molecule has 0 saturated heterocycles. The number of amides is 2. The number of benzene rings is 2. The zero-order chi connectivity index (χ0) is 23.8. The number of thiazole rings is 1. The first-order valence-electron chi connectivity index (χ1n) is 10.6. The highest BCUT2D eigenvalue weighted by molar-refractivity contribution is 9.10. The van der Waals surface area contributed by atoms with Crippen molar-refractivity contribution in [3.63, 3.8) is 0 Å². The number of ether oxygens (including phenoxy) is 1. The Kier molecular flexibility index (Phi) is 8.85. The molecule has 3 rings (SSSR count). The van der Waals surface area contributed by atoms with Crippen LogP contribution in [0.2, 0.25) is 0 Å². The quantitative estimate of drug-likeness (QED) is 0.310. The second kappa shape index (κ2) is 11.8. The van der Waals surface area contributed by atoms with Crippen LogP contribution in [-0.4, -0.2) is 36.5 Å². The van der Waals surface area contributed by atoms with Crippen LogP contribution in [0, 0.1) is 6.92 Å². The first-order valence-corrected chi connectivity index (χ1v) is 12.2. The molecule has 0 unspecified atom stereocenters. The van der Waals surface area contributed by atoms with Gasteiger partial charge in [0.25, 0.3) is 5.91 Å². The molecule has 1 aromatic heterocycles. The van der Waals surface area contributed by atoms with Gasteiger partial charge in [-0.25, -0.2) is 4.98 Å². The fourth-order valence-corrected chi connectivity index (χ4v) is 4.43. The van der Waals surface area contributed by atoms with E-state index in [1.54, 1.807) is 35.6 Å². The largest absolute Gasteiger partial charge is 0.497 e. The van der Waals surface area contributed by atoms with Gasteiger partial charge in [0.05, 0.1) is 12.8 Å². The summed E-state index contributed by atoms with van der Waals surface area (Å²) in [5, 5.41) is 6.94. The minimum absolute atomic E-state index is 0.352. The Hall–Kier alpha value is -2.91. The summed E-state index contributed by atoms with van der Waals surface area (Å²) in [6.45, 7) is 2.77. The van der Waals surface area contributed by atoms with Gasteiger partial charge in [-0.2, -0.15) is 0 Å². The number of carbonyl (C=O) groups excluding carboxylic acids is 2. The van der Waals surface area contributed by atoms with E-state index in [4.69, 9.17) is 15.5 Å². The molecule has 2 amide bonds. The van der Waals surface area contributed by atoms with Crippen molar-refractivity contribution in [3.05, 3.63) is 63.4 Å². The van der Waals surface area contributed by atoms with Crippen LogP contribution in [0.5, 0.6) is 5.75 Å². The molecule has 2 aromatic carbocycles. The van der Waals surface area contributed by atoms with Gasteiger partial charge in [0.2, 0.25) is 5.91 Å². The molecule has 0 aliphatic carbocycles. The third-order valence-electron chi connectivity index (χ3n) is 5.09. The van der Waals surface area contributed by atoms with Crippen molar-refractivity contribution in [1.82, 2.24) is 10.3 Å². The first kappa shape index (κ1) is 24.7. The zero-order valence-corrected chi connectivity index (χ0v) is 21.0. The van der Waals surface area contributed by atoms with Crippen molar-refractivity contribution in [2.24, 2.45) is 5.73 Å². The zero-order valence-electron chi connectivity index (χ0n) is 18.6. The number of hydrogen-bond acceptors (Lipinski definition) is 6. The standard InChI is InChI=1S/C24H27BrN4O3S/c1-15-21(16-9-11-18(25)12-10-16)29-24(33-15)27-13-4-3-8-20(22(26)30)28-23(31)17-6-5-7-19(14-17)32-2/h5-7,9-12,14,20H,3-4,8,13H2,1-2H3,(H2,26,30)(H,27,29)(H,28,31)/t20-/m0/s1. The number of nitrogens with two attached hydrogens (primary N) is 1. The first-order chi connectivity index (χ1) is 15.9. The third kappa shape index (κ3) is 7.03. The number of hydrogen-bond donors (Lipinski definition) is 3. The monoisotopic (exact) mass is 530 g/mol. The van der Waals surface area contributed by atoms with Crippen LogP contribution >= 0.6 is 27.3 Å². The summed E-state index contributed by atoms with van der Waals surface area (Å²) in [5.74, 6) is -0.325. The average molecular weight is 531 g/mol. The van der Waals surface area contributed by atoms with Gasteiger partial charge in [0.15, 0.2) is 5.13 Å². The number of nitrogens with one attached hydrogen (secondary N) is 2. The minimum atomic E-state index is -0.727. The van der Waals surface area contributed by atoms with Crippen molar-refractivity contribution in [1.29, 1.82) is 0 Å². The van der Waals surface area contributed by atoms with E-state index in [0.29, 0.717) is 24.3 Å². The highest BCUT2D eigenvalue weighted by atomic mass is 79.9. The predicted octanol–water partition coefficient (Wildman–Crippen LogP) is 4.76. The number of unbranched alkanes of at least 4 members (excludes halogenated alkanes) is 1. The van der Waals surface area contributed by atoms with Gasteiger partial charge in [0, 0.05) is 27.0 Å². The van der Waals surface area contributed by atoms with Crippen LogP contribution in [0.1, 0.15) is 34.5 Å². The number of halogens is 1. The lowest BCUT2D eigenvalue weighted by molar-refractivity contribution is -0.120. The van der Waals surface area contributed by atoms with Crippen LogP contribution in [0.15, 0.2) is 53.0 Å². The van der Waals surface area contributed by atoms with E-state index in [1.165, 1.54) is 7.11 Å². The highest BCUT2D eigenvalue weighted by Gasteiger charge is 2.19. The summed E-state index contributed by atoms with van der Waals surface area (Å²) in [6, 6.07) is 14.1. The number of nitrogens with zero attached hydrogens (tertiary/aromatic N) is 1. The fraction of sp³-hybridized carbons (Fsp3) is 0.292. The number of anilines is 1. The molecule has 0 spiro atoms. The predicted molar refractivity (Wildman–Crippen MR) is 136 cm³/mol. The molecule has 1 heterocycles. The topological polar surface area (TPSA) is 106 Å². The molecule has 33 heavy (non-hydrogen) atoms. The number of methoxy groups -OCH3 is 1. The number of aromatic nitrogens is 1. The molecule has 7 nitrogen and oxygen atoms in total. The van der Waals surface area contributed by atoms with Gasteiger partial charge in [-0.1, -0.05) is 34.1 Å². The molecule has 4 N–H and O–H groups in total. The molecule has 9 heteroatoms. The summed E-state index contributed by atoms with van der Waals surface area (Å²) in [4.78, 5) is 30.2. The summed E-state index contributed by atoms with van der Waals surface area (Å²) < 4.78 is 6.17. The summed E-state index contributed by atoms with van der Waals surface area (Å²) in [7, 11) is 1.53. The Bertz CT molecular complexity index is 1100. The van der Waals surface area contributed by atoms with Gasteiger partial charge < -0.3 is 21.1 Å². The van der Waals surface area contributed by atoms with Crippen molar-refractivity contribution < 1.29 is 14.3 Å². The molecule has 0 aliphatic rings. The van der Waals surface area contributed by atoms with Gasteiger partial charge >= 0.3 is 0 Å². The smallest absolute Gasteiger partial charge is 0.252 e. The molecule has 0 aliphatic heterocycles. The van der Waals surface area contributed by atoms with Gasteiger partial charge in [-0.3, -0.25) is 9.59 Å². The Morgan fingerprint density at radius 2 is 1.94 bits per heavy atom. The lowest BCUT2D eigenvalue weighted by atomic mass is 10.1. The third-order valence-corrected chi connectivity index (χ3v) is 6.55. The van der Waals surface area contributed by atoms with Crippen molar-refractivity contribution in [2.45, 2.75) is 32.2 Å². The lowest BCUT2D eigenvalue weighted by Gasteiger charge is -2.16. The Morgan fingerprint density at radius 3 is 2.64 bits per heavy atom. The van der Waals surface area contributed by atoms with E-state index >= 15 is 0 Å². The second-order valence-electron chi connectivity index (χ2n) is 7.51. The van der Waals surface area contributed by atoms with E-state index in [0.717, 1.165) is 38.6 Å². The number of aryl methyl sites for hydroxylation is 1. The molecular formula is C24H27BrN4O3S. The molecular weight excluding hydrogens is 504 g/mol. The van der Waals surface area contributed by atoms with Crippen molar-refractivity contribution >= 4 is 44.2 Å². The van der Waals surface area contributed by atoms with Crippen LogP contribution in [0.25, 0.3) is 11.3 Å². The van der Waals surface area contributed by atoms with Crippen molar-refractivity contribution in [3.8, 4) is 17.0 Å². The van der Waals surface area contributed by atoms with Crippen LogP contribution in [-0.2, 0) is 4.79 Å². The Morgan fingerprint density at radius 1 is 1.18 bits per heavy atom. The summed E-state index contributed by atoms with van der Waals surface area (Å²) in [5.41, 5.74) is 7.98. The average Bonchev–Trinajstić information content (AvgIpc) is 3.18. The van der Waals surface area contributed by atoms with Crippen LogP contribution in [0.3, 0.4) is 0 Å². The van der Waals surface area contributed by atoms with E-state index in [2.05, 4.69) is 33.5 Å². The maximum Gasteiger partial charge on any atom is 0.252 e. The SMILES string of the molecule is COc1cccc(C(=O)N[C@@H](CCCCNc2nc(-c3ccc(Br)cc3)c(C)s2)C(N)=O)c1. The Labute approximate surface area is 205 Å². The fourth-order valence-electron chi connectivity index (χ4n) is 3.31. The van der Waals surface area contributed by atoms with E-state index in [9.17, 15) is 9.59 Å². The molecule has 0 saturated carbocycles. The molecule has 0 bridgehead atoms. The molecule has 0 fully saturated rings. The minimum Gasteiger partial charge on any atom is -0.497 e. The normalized spacial score (nSPS) is 11.6. The number of primary amides is 1. The molecule has 174 valence electrons. The van der Waals surface area contributed by atoms with Gasteiger partial charge in [-0.05, 0) is 56.5 Å². The van der Waals surface area contributed by atoms with Crippen LogP contribution in [0.4, 0.5) is 5.13 Å². The Balaban J connectivity index is 1.47. The molecule has 3 aromatic rings. The van der Waals surface area contributed by atoms with Crippen molar-refractivity contribution in [2.75, 3.05) is 19.0 Å². The second-order valence-corrected chi connectivity index (χ2v) is 9.63. The van der Waals surface area contributed by atoms with Gasteiger partial charge in [-0.15, -0.1) is 11.3 Å². The van der Waals surface area contributed by atoms with E-state index in [1.807, 2.05) is 24.3 Å². The maximum absolute atomic E-state index is 12.5. The van der Waals surface area contributed by atoms with Gasteiger partial charge in [0.1, 0.15) is 11.8 Å². The van der Waals surface area contributed by atoms with E-state index < -0.39 is 11.9 Å². The number of rotatable bonds is 11. The van der Waals surface area contributed by atoms with Crippen LogP contribution < -0.4 is 21.1 Å². The summed E-state index contributed by atoms with van der Waals surface area (Å²) >= 11 is 5.07. The highest BCUT2D eigenvalue weighted by Crippen LogP contribution is 2.31.